The first-order chi connectivity index (χ1) is 8.93. The van der Waals surface area contributed by atoms with Crippen molar-refractivity contribution in [1.82, 2.24) is 10.2 Å². The summed E-state index contributed by atoms with van der Waals surface area (Å²) >= 11 is 11.9. The van der Waals surface area contributed by atoms with E-state index in [2.05, 4.69) is 5.32 Å². The molecule has 4 nitrogen and oxygen atoms in total. The average molecular weight is 305 g/mol. The van der Waals surface area contributed by atoms with E-state index in [1.807, 2.05) is 19.0 Å². The van der Waals surface area contributed by atoms with E-state index in [4.69, 9.17) is 27.9 Å². The molecule has 0 aliphatic carbocycles. The van der Waals surface area contributed by atoms with Crippen LogP contribution in [0.4, 0.5) is 0 Å². The van der Waals surface area contributed by atoms with Gasteiger partial charge in [0.2, 0.25) is 0 Å². The normalized spacial score (nSPS) is 12.5. The molecule has 106 valence electrons. The third-order valence-corrected chi connectivity index (χ3v) is 3.00. The van der Waals surface area contributed by atoms with E-state index in [1.54, 1.807) is 18.2 Å². The molecule has 0 aliphatic rings. The highest BCUT2D eigenvalue weighted by atomic mass is 35.5. The van der Waals surface area contributed by atoms with E-state index in [-0.39, 0.29) is 5.97 Å². The number of carbonyl (C=O) groups excluding carboxylic acids is 1. The Morgan fingerprint density at radius 1 is 1.32 bits per heavy atom. The highest BCUT2D eigenvalue weighted by Gasteiger charge is 2.21. The first kappa shape index (κ1) is 16.2. The summed E-state index contributed by atoms with van der Waals surface area (Å²) in [6, 6.07) is 4.47. The number of benzene rings is 1. The van der Waals surface area contributed by atoms with Crippen molar-refractivity contribution in [3.8, 4) is 0 Å². The van der Waals surface area contributed by atoms with Crippen molar-refractivity contribution >= 4 is 29.2 Å². The summed E-state index contributed by atoms with van der Waals surface area (Å²) in [4.78, 5) is 13.8. The molecule has 0 fully saturated rings. The molecule has 0 aromatic heterocycles. The molecule has 0 saturated carbocycles. The Kier molecular flexibility index (Phi) is 6.58. The maximum atomic E-state index is 11.8. The second-order valence-electron chi connectivity index (χ2n) is 4.42. The van der Waals surface area contributed by atoms with Crippen molar-refractivity contribution in [1.29, 1.82) is 0 Å². The largest absolute Gasteiger partial charge is 0.468 e. The maximum Gasteiger partial charge on any atom is 0.327 e. The Labute approximate surface area is 123 Å². The van der Waals surface area contributed by atoms with Crippen LogP contribution in [0, 0.1) is 0 Å². The fraction of sp³-hybridized carbons (Fsp3) is 0.462. The molecule has 0 radical (unpaired) electrons. The molecule has 19 heavy (non-hydrogen) atoms. The number of rotatable bonds is 6. The van der Waals surface area contributed by atoms with E-state index in [0.717, 1.165) is 6.54 Å². The van der Waals surface area contributed by atoms with Crippen molar-refractivity contribution < 1.29 is 9.53 Å². The molecule has 0 bridgehead atoms. The SMILES string of the molecule is COC(=O)C(NCCN(C)C)c1cc(Cl)cc(Cl)c1. The highest BCUT2D eigenvalue weighted by Crippen LogP contribution is 2.24. The Hall–Kier alpha value is -0.810. The standard InChI is InChI=1S/C13H18Cl2N2O2/c1-17(2)5-4-16-12(13(18)19-3)9-6-10(14)8-11(15)7-9/h6-8,12,16H,4-5H2,1-3H3. The molecule has 6 heteroatoms. The maximum absolute atomic E-state index is 11.8. The second kappa shape index (κ2) is 7.70. The summed E-state index contributed by atoms with van der Waals surface area (Å²) in [6.45, 7) is 1.46. The van der Waals surface area contributed by atoms with Crippen molar-refractivity contribution in [3.63, 3.8) is 0 Å². The highest BCUT2D eigenvalue weighted by molar-refractivity contribution is 6.34. The van der Waals surface area contributed by atoms with Gasteiger partial charge in [-0.05, 0) is 37.9 Å². The van der Waals surface area contributed by atoms with Gasteiger partial charge in [0.1, 0.15) is 6.04 Å². The summed E-state index contributed by atoms with van der Waals surface area (Å²) in [5, 5.41) is 4.12. The monoisotopic (exact) mass is 304 g/mol. The van der Waals surface area contributed by atoms with Gasteiger partial charge in [-0.1, -0.05) is 23.2 Å². The van der Waals surface area contributed by atoms with E-state index < -0.39 is 6.04 Å². The molecule has 1 atom stereocenters. The second-order valence-corrected chi connectivity index (χ2v) is 5.29. The molecule has 0 heterocycles. The third-order valence-electron chi connectivity index (χ3n) is 2.56. The van der Waals surface area contributed by atoms with Gasteiger partial charge in [0.25, 0.3) is 0 Å². The summed E-state index contributed by atoms with van der Waals surface area (Å²) in [7, 11) is 5.28. The number of likely N-dealkylation sites (N-methyl/N-ethyl adjacent to an activating group) is 1. The quantitative estimate of drug-likeness (QED) is 0.819. The van der Waals surface area contributed by atoms with Crippen LogP contribution in [0.1, 0.15) is 11.6 Å². The Morgan fingerprint density at radius 2 is 1.89 bits per heavy atom. The number of ether oxygens (including phenoxy) is 1. The predicted molar refractivity (Wildman–Crippen MR) is 77.8 cm³/mol. The molecule has 1 rings (SSSR count). The minimum atomic E-state index is -0.568. The molecule has 0 amide bonds. The number of halogens is 2. The van der Waals surface area contributed by atoms with Gasteiger partial charge in [-0.2, -0.15) is 0 Å². The number of nitrogens with zero attached hydrogens (tertiary/aromatic N) is 1. The van der Waals surface area contributed by atoms with E-state index in [1.165, 1.54) is 7.11 Å². The summed E-state index contributed by atoms with van der Waals surface area (Å²) < 4.78 is 4.80. The van der Waals surface area contributed by atoms with Gasteiger partial charge in [0.15, 0.2) is 0 Å². The molecule has 0 spiro atoms. The Bertz CT molecular complexity index is 418. The zero-order chi connectivity index (χ0) is 14.4. The van der Waals surface area contributed by atoms with Gasteiger partial charge in [-0.15, -0.1) is 0 Å². The van der Waals surface area contributed by atoms with Gasteiger partial charge in [-0.25, -0.2) is 4.79 Å². The van der Waals surface area contributed by atoms with Crippen molar-refractivity contribution in [2.45, 2.75) is 6.04 Å². The number of methoxy groups -OCH3 is 1. The zero-order valence-corrected chi connectivity index (χ0v) is 12.8. The van der Waals surface area contributed by atoms with Crippen LogP contribution in [0.2, 0.25) is 10.0 Å². The smallest absolute Gasteiger partial charge is 0.327 e. The fourth-order valence-electron chi connectivity index (χ4n) is 1.63. The summed E-state index contributed by atoms with van der Waals surface area (Å²) in [5.41, 5.74) is 0.697. The lowest BCUT2D eigenvalue weighted by atomic mass is 10.1. The van der Waals surface area contributed by atoms with Crippen LogP contribution >= 0.6 is 23.2 Å². The minimum absolute atomic E-state index is 0.364. The number of nitrogens with one attached hydrogen (secondary N) is 1. The molecule has 1 N–H and O–H groups in total. The molecule has 0 aliphatic heterocycles. The van der Waals surface area contributed by atoms with Crippen LogP contribution in [0.15, 0.2) is 18.2 Å². The van der Waals surface area contributed by atoms with Crippen LogP contribution in [-0.4, -0.2) is 45.2 Å². The van der Waals surface area contributed by atoms with Crippen molar-refractivity contribution in [3.05, 3.63) is 33.8 Å². The lowest BCUT2D eigenvalue weighted by Gasteiger charge is -2.19. The lowest BCUT2D eigenvalue weighted by Crippen LogP contribution is -2.34. The average Bonchev–Trinajstić information content (AvgIpc) is 2.32. The Morgan fingerprint density at radius 3 is 2.37 bits per heavy atom. The molecular formula is C13H18Cl2N2O2. The first-order valence-corrected chi connectivity index (χ1v) is 6.61. The van der Waals surface area contributed by atoms with Crippen LogP contribution in [0.5, 0.6) is 0 Å². The minimum Gasteiger partial charge on any atom is -0.468 e. The van der Waals surface area contributed by atoms with Gasteiger partial charge in [0, 0.05) is 23.1 Å². The van der Waals surface area contributed by atoms with Gasteiger partial charge in [0.05, 0.1) is 7.11 Å². The topological polar surface area (TPSA) is 41.6 Å². The lowest BCUT2D eigenvalue weighted by molar-refractivity contribution is -0.143. The van der Waals surface area contributed by atoms with E-state index in [0.29, 0.717) is 22.2 Å². The fourth-order valence-corrected chi connectivity index (χ4v) is 2.17. The number of carbonyl (C=O) groups is 1. The van der Waals surface area contributed by atoms with Crippen LogP contribution in [-0.2, 0) is 9.53 Å². The summed E-state index contributed by atoms with van der Waals surface area (Å²) in [6.07, 6.45) is 0. The van der Waals surface area contributed by atoms with Crippen molar-refractivity contribution in [2.75, 3.05) is 34.3 Å². The number of hydrogen-bond acceptors (Lipinski definition) is 4. The van der Waals surface area contributed by atoms with Crippen LogP contribution in [0.3, 0.4) is 0 Å². The Balaban J connectivity index is 2.86. The third kappa shape index (κ3) is 5.37. The molecule has 1 unspecified atom stereocenters. The first-order valence-electron chi connectivity index (χ1n) is 5.86. The number of esters is 1. The molecular weight excluding hydrogens is 287 g/mol. The molecule has 1 aromatic rings. The van der Waals surface area contributed by atoms with Crippen molar-refractivity contribution in [2.24, 2.45) is 0 Å². The summed E-state index contributed by atoms with van der Waals surface area (Å²) in [5.74, 6) is -0.364. The van der Waals surface area contributed by atoms with Crippen LogP contribution < -0.4 is 5.32 Å². The number of hydrogen-bond donors (Lipinski definition) is 1. The van der Waals surface area contributed by atoms with Gasteiger partial charge >= 0.3 is 5.97 Å². The zero-order valence-electron chi connectivity index (χ0n) is 11.2. The van der Waals surface area contributed by atoms with Gasteiger partial charge < -0.3 is 9.64 Å². The van der Waals surface area contributed by atoms with Crippen LogP contribution in [0.25, 0.3) is 0 Å². The predicted octanol–water partition coefficient (Wildman–Crippen LogP) is 2.36. The van der Waals surface area contributed by atoms with Gasteiger partial charge in [-0.3, -0.25) is 5.32 Å². The molecule has 1 aromatic carbocycles. The van der Waals surface area contributed by atoms with E-state index >= 15 is 0 Å². The van der Waals surface area contributed by atoms with E-state index in [9.17, 15) is 4.79 Å². The molecule has 0 saturated heterocycles.